The van der Waals surface area contributed by atoms with Crippen molar-refractivity contribution in [3.63, 3.8) is 0 Å². The average Bonchev–Trinajstić information content (AvgIpc) is 2.01. The number of carboxylic acids is 1. The molecule has 0 atom stereocenters. The second kappa shape index (κ2) is 7.54. The molecule has 13 heavy (non-hydrogen) atoms. The van der Waals surface area contributed by atoms with E-state index in [4.69, 9.17) is 9.84 Å². The third-order valence-electron chi connectivity index (χ3n) is 1.30. The highest BCUT2D eigenvalue weighted by Gasteiger charge is 1.96. The van der Waals surface area contributed by atoms with Gasteiger partial charge >= 0.3 is 5.97 Å². The Hall–Kier alpha value is -1.10. The zero-order valence-electron chi connectivity index (χ0n) is 7.71. The lowest BCUT2D eigenvalue weighted by atomic mass is 10.3. The van der Waals surface area contributed by atoms with E-state index >= 15 is 0 Å². The topological polar surface area (TPSA) is 75.6 Å². The minimum absolute atomic E-state index is 0.0888. The lowest BCUT2D eigenvalue weighted by molar-refractivity contribution is -0.137. The third-order valence-corrected chi connectivity index (χ3v) is 1.30. The molecule has 76 valence electrons. The molecule has 0 aliphatic rings. The van der Waals surface area contributed by atoms with Gasteiger partial charge in [0.25, 0.3) is 0 Å². The molecule has 0 bridgehead atoms. The summed E-state index contributed by atoms with van der Waals surface area (Å²) in [6.45, 7) is 2.76. The van der Waals surface area contributed by atoms with Crippen LogP contribution in [0.4, 0.5) is 0 Å². The van der Waals surface area contributed by atoms with Crippen LogP contribution in [0, 0.1) is 0 Å². The Kier molecular flexibility index (Phi) is 6.91. The molecule has 0 aromatic rings. The number of nitrogens with one attached hydrogen (secondary N) is 1. The second-order valence-electron chi connectivity index (χ2n) is 2.59. The molecule has 0 saturated heterocycles. The molecule has 0 aliphatic carbocycles. The van der Waals surface area contributed by atoms with Gasteiger partial charge in [0.2, 0.25) is 5.91 Å². The molecule has 0 unspecified atom stereocenters. The number of aliphatic carboxylic acids is 1. The monoisotopic (exact) mass is 189 g/mol. The van der Waals surface area contributed by atoms with E-state index in [1.165, 1.54) is 6.92 Å². The first-order valence-corrected chi connectivity index (χ1v) is 4.17. The van der Waals surface area contributed by atoms with Crippen molar-refractivity contribution in [3.8, 4) is 0 Å². The average molecular weight is 189 g/mol. The Balaban J connectivity index is 3.00. The van der Waals surface area contributed by atoms with Crippen LogP contribution in [0.15, 0.2) is 0 Å². The van der Waals surface area contributed by atoms with E-state index in [0.717, 1.165) is 0 Å². The fourth-order valence-electron chi connectivity index (χ4n) is 0.727. The number of carbonyl (C=O) groups is 2. The van der Waals surface area contributed by atoms with Gasteiger partial charge in [-0.2, -0.15) is 0 Å². The summed E-state index contributed by atoms with van der Waals surface area (Å²) in [6.07, 6.45) is 0.634. The van der Waals surface area contributed by atoms with Gasteiger partial charge in [-0.05, 0) is 6.42 Å². The van der Waals surface area contributed by atoms with Crippen molar-refractivity contribution in [1.29, 1.82) is 0 Å². The van der Waals surface area contributed by atoms with Crippen molar-refractivity contribution >= 4 is 11.9 Å². The quantitative estimate of drug-likeness (QED) is 0.553. The fourth-order valence-corrected chi connectivity index (χ4v) is 0.727. The molecule has 0 aromatic carbocycles. The van der Waals surface area contributed by atoms with Gasteiger partial charge in [0, 0.05) is 26.5 Å². The van der Waals surface area contributed by atoms with Crippen molar-refractivity contribution in [2.75, 3.05) is 19.8 Å². The van der Waals surface area contributed by atoms with Crippen molar-refractivity contribution in [3.05, 3.63) is 0 Å². The van der Waals surface area contributed by atoms with Gasteiger partial charge in [-0.15, -0.1) is 0 Å². The maximum atomic E-state index is 10.4. The Morgan fingerprint density at radius 2 is 2.08 bits per heavy atom. The molecule has 5 heteroatoms. The highest BCUT2D eigenvalue weighted by atomic mass is 16.5. The van der Waals surface area contributed by atoms with E-state index in [-0.39, 0.29) is 12.3 Å². The second-order valence-corrected chi connectivity index (χ2v) is 2.59. The molecule has 0 fully saturated rings. The van der Waals surface area contributed by atoms with Gasteiger partial charge in [0.1, 0.15) is 0 Å². The van der Waals surface area contributed by atoms with E-state index in [1.54, 1.807) is 0 Å². The van der Waals surface area contributed by atoms with Gasteiger partial charge in [-0.25, -0.2) is 0 Å². The lowest BCUT2D eigenvalue weighted by Gasteiger charge is -2.03. The summed E-state index contributed by atoms with van der Waals surface area (Å²) < 4.78 is 5.06. The SMILES string of the molecule is CC(=O)NCCOCCCC(=O)O. The van der Waals surface area contributed by atoms with Gasteiger partial charge in [0.15, 0.2) is 0 Å². The number of ether oxygens (including phenoxy) is 1. The maximum absolute atomic E-state index is 10.4. The molecular formula is C8H15NO4. The zero-order chi connectivity index (χ0) is 10.1. The van der Waals surface area contributed by atoms with Crippen molar-refractivity contribution in [2.24, 2.45) is 0 Å². The summed E-state index contributed by atoms with van der Waals surface area (Å²) >= 11 is 0. The van der Waals surface area contributed by atoms with Crippen LogP contribution < -0.4 is 5.32 Å². The molecule has 0 aliphatic heterocycles. The third kappa shape index (κ3) is 10.9. The summed E-state index contributed by atoms with van der Waals surface area (Å²) in [5, 5.41) is 10.8. The minimum atomic E-state index is -0.814. The Bertz CT molecular complexity index is 152. The molecule has 2 N–H and O–H groups in total. The first kappa shape index (κ1) is 11.9. The zero-order valence-corrected chi connectivity index (χ0v) is 7.71. The Labute approximate surface area is 77.1 Å². The molecule has 0 radical (unpaired) electrons. The van der Waals surface area contributed by atoms with Crippen LogP contribution >= 0.6 is 0 Å². The van der Waals surface area contributed by atoms with Gasteiger partial charge in [0.05, 0.1) is 6.61 Å². The number of rotatable bonds is 7. The first-order valence-electron chi connectivity index (χ1n) is 4.17. The Morgan fingerprint density at radius 3 is 2.62 bits per heavy atom. The molecule has 0 aromatic heterocycles. The molecule has 1 amide bonds. The number of hydrogen-bond donors (Lipinski definition) is 2. The van der Waals surface area contributed by atoms with Crippen LogP contribution in [-0.2, 0) is 14.3 Å². The normalized spacial score (nSPS) is 9.62. The van der Waals surface area contributed by atoms with E-state index in [0.29, 0.717) is 26.2 Å². The molecule has 0 rings (SSSR count). The standard InChI is InChI=1S/C8H15NO4/c1-7(10)9-4-6-13-5-2-3-8(11)12/h2-6H2,1H3,(H,9,10)(H,11,12). The number of carbonyl (C=O) groups excluding carboxylic acids is 1. The van der Waals surface area contributed by atoms with Gasteiger partial charge < -0.3 is 15.2 Å². The summed E-state index contributed by atoms with van der Waals surface area (Å²) in [6, 6.07) is 0. The van der Waals surface area contributed by atoms with Crippen LogP contribution in [0.3, 0.4) is 0 Å². The molecule has 5 nitrogen and oxygen atoms in total. The molecule has 0 heterocycles. The maximum Gasteiger partial charge on any atom is 0.303 e. The van der Waals surface area contributed by atoms with Crippen molar-refractivity contribution in [1.82, 2.24) is 5.32 Å². The number of carboxylic acid groups (broad SMARTS) is 1. The summed E-state index contributed by atoms with van der Waals surface area (Å²) in [4.78, 5) is 20.4. The molecule has 0 saturated carbocycles. The summed E-state index contributed by atoms with van der Waals surface area (Å²) in [7, 11) is 0. The van der Waals surface area contributed by atoms with Crippen LogP contribution in [-0.4, -0.2) is 36.7 Å². The van der Waals surface area contributed by atoms with Crippen molar-refractivity contribution < 1.29 is 19.4 Å². The van der Waals surface area contributed by atoms with E-state index < -0.39 is 5.97 Å². The predicted octanol–water partition coefficient (Wildman–Crippen LogP) is 0.00390. The van der Waals surface area contributed by atoms with E-state index in [2.05, 4.69) is 5.32 Å². The largest absolute Gasteiger partial charge is 0.481 e. The predicted molar refractivity (Wildman–Crippen MR) is 46.4 cm³/mol. The number of hydrogen-bond acceptors (Lipinski definition) is 3. The van der Waals surface area contributed by atoms with E-state index in [9.17, 15) is 9.59 Å². The highest BCUT2D eigenvalue weighted by molar-refractivity contribution is 5.72. The highest BCUT2D eigenvalue weighted by Crippen LogP contribution is 1.88. The fraction of sp³-hybridized carbons (Fsp3) is 0.750. The Morgan fingerprint density at radius 1 is 1.38 bits per heavy atom. The van der Waals surface area contributed by atoms with Crippen LogP contribution in [0.1, 0.15) is 19.8 Å². The number of amides is 1. The first-order chi connectivity index (χ1) is 6.13. The van der Waals surface area contributed by atoms with Gasteiger partial charge in [-0.3, -0.25) is 9.59 Å². The van der Waals surface area contributed by atoms with E-state index in [1.807, 2.05) is 0 Å². The smallest absolute Gasteiger partial charge is 0.303 e. The van der Waals surface area contributed by atoms with Crippen LogP contribution in [0.5, 0.6) is 0 Å². The van der Waals surface area contributed by atoms with Crippen molar-refractivity contribution in [2.45, 2.75) is 19.8 Å². The molecular weight excluding hydrogens is 174 g/mol. The molecule has 0 spiro atoms. The van der Waals surface area contributed by atoms with Crippen LogP contribution in [0.2, 0.25) is 0 Å². The minimum Gasteiger partial charge on any atom is -0.481 e. The summed E-state index contributed by atoms with van der Waals surface area (Å²) in [5.74, 6) is -0.903. The lowest BCUT2D eigenvalue weighted by Crippen LogP contribution is -2.24. The van der Waals surface area contributed by atoms with Crippen LogP contribution in [0.25, 0.3) is 0 Å². The summed E-state index contributed by atoms with van der Waals surface area (Å²) in [5.41, 5.74) is 0. The van der Waals surface area contributed by atoms with Gasteiger partial charge in [-0.1, -0.05) is 0 Å².